The van der Waals surface area contributed by atoms with Crippen molar-refractivity contribution in [3.8, 4) is 11.1 Å². The van der Waals surface area contributed by atoms with E-state index in [1.807, 2.05) is 73.7 Å². The Morgan fingerprint density at radius 1 is 0.833 bits per heavy atom. The molecule has 0 spiro atoms. The molecule has 3 heteroatoms. The number of rotatable bonds is 4. The van der Waals surface area contributed by atoms with Gasteiger partial charge in [-0.3, -0.25) is 0 Å². The van der Waals surface area contributed by atoms with Gasteiger partial charge in [0.25, 0.3) is 0 Å². The van der Waals surface area contributed by atoms with Gasteiger partial charge >= 0.3 is 0 Å². The lowest BCUT2D eigenvalue weighted by atomic mass is 10.0. The molecule has 1 nitrogen and oxygen atoms in total. The Morgan fingerprint density at radius 2 is 1.42 bits per heavy atom. The molecule has 0 N–H and O–H groups in total. The Balaban J connectivity index is 1.80. The maximum Gasteiger partial charge on any atom is 0.192 e. The molecule has 0 aliphatic rings. The summed E-state index contributed by atoms with van der Waals surface area (Å²) in [5.74, 6) is 0. The van der Waals surface area contributed by atoms with Crippen molar-refractivity contribution in [3.05, 3.63) is 95.1 Å². The molecule has 24 heavy (non-hydrogen) atoms. The zero-order chi connectivity index (χ0) is 16.9. The van der Waals surface area contributed by atoms with E-state index in [4.69, 9.17) is 0 Å². The maximum absolute atomic E-state index is 14.3. The Labute approximate surface area is 143 Å². The van der Waals surface area contributed by atoms with E-state index in [0.29, 0.717) is 10.5 Å². The summed E-state index contributed by atoms with van der Waals surface area (Å²) in [5, 5.41) is -0.647. The summed E-state index contributed by atoms with van der Waals surface area (Å²) in [4.78, 5) is 0.468. The van der Waals surface area contributed by atoms with Gasteiger partial charge in [-0.1, -0.05) is 72.3 Å². The molecule has 3 aromatic rings. The monoisotopic (exact) mass is 336 g/mol. The van der Waals surface area contributed by atoms with Gasteiger partial charge in [0.05, 0.1) is 0 Å². The van der Waals surface area contributed by atoms with Crippen LogP contribution in [0.4, 0.5) is 4.39 Å². The van der Waals surface area contributed by atoms with Crippen molar-refractivity contribution in [3.63, 3.8) is 0 Å². The van der Waals surface area contributed by atoms with E-state index in [2.05, 4.69) is 0 Å². The molecule has 0 fully saturated rings. The Bertz CT molecular complexity index is 866. The second-order valence-corrected chi connectivity index (χ2v) is 6.92. The maximum atomic E-state index is 14.3. The third-order valence-corrected chi connectivity index (χ3v) is 4.88. The zero-order valence-corrected chi connectivity index (χ0v) is 14.1. The van der Waals surface area contributed by atoms with Gasteiger partial charge in [-0.05, 0) is 41.8 Å². The minimum atomic E-state index is -1.78. The quantitative estimate of drug-likeness (QED) is 0.594. The van der Waals surface area contributed by atoms with E-state index in [0.717, 1.165) is 16.7 Å². The summed E-state index contributed by atoms with van der Waals surface area (Å²) in [5.41, 5.74) is 3.91. The van der Waals surface area contributed by atoms with Crippen molar-refractivity contribution in [1.29, 1.82) is 0 Å². The van der Waals surface area contributed by atoms with Crippen LogP contribution < -0.4 is 0 Å². The molecule has 0 amide bonds. The van der Waals surface area contributed by atoms with Crippen molar-refractivity contribution in [2.24, 2.45) is 0 Å². The fourth-order valence-electron chi connectivity index (χ4n) is 2.36. The molecule has 0 saturated carbocycles. The number of hydrogen-bond donors (Lipinski definition) is 0. The smallest absolute Gasteiger partial charge is 0.192 e. The van der Waals surface area contributed by atoms with Gasteiger partial charge < -0.3 is 0 Å². The summed E-state index contributed by atoms with van der Waals surface area (Å²) in [7, 11) is -1.78. The van der Waals surface area contributed by atoms with Gasteiger partial charge in [-0.2, -0.15) is 4.39 Å². The van der Waals surface area contributed by atoms with E-state index < -0.39 is 16.0 Å². The van der Waals surface area contributed by atoms with Crippen LogP contribution >= 0.6 is 0 Å². The van der Waals surface area contributed by atoms with Gasteiger partial charge in [0.1, 0.15) is 10.8 Å². The van der Waals surface area contributed by atoms with Crippen molar-refractivity contribution in [1.82, 2.24) is 0 Å². The van der Waals surface area contributed by atoms with Crippen LogP contribution in [0.2, 0.25) is 0 Å². The molecule has 0 bridgehead atoms. The lowest BCUT2D eigenvalue weighted by Gasteiger charge is -2.03. The van der Waals surface area contributed by atoms with Gasteiger partial charge in [0, 0.05) is 4.90 Å². The van der Waals surface area contributed by atoms with Gasteiger partial charge in [0.15, 0.2) is 5.16 Å². The number of halogens is 1. The largest absolute Gasteiger partial charge is 0.247 e. The minimum Gasteiger partial charge on any atom is -0.247 e. The average Bonchev–Trinajstić information content (AvgIpc) is 2.63. The molecule has 0 heterocycles. The fraction of sp³-hybridized carbons (Fsp3) is 0.0476. The Hall–Kier alpha value is -2.52. The van der Waals surface area contributed by atoms with Crippen molar-refractivity contribution < 1.29 is 8.60 Å². The van der Waals surface area contributed by atoms with Crippen LogP contribution in [-0.2, 0) is 10.8 Å². The van der Waals surface area contributed by atoms with Crippen molar-refractivity contribution in [2.75, 3.05) is 0 Å². The first kappa shape index (κ1) is 16.3. The fourth-order valence-corrected chi connectivity index (χ4v) is 3.21. The lowest BCUT2D eigenvalue weighted by Crippen LogP contribution is -1.92. The van der Waals surface area contributed by atoms with Crippen molar-refractivity contribution in [2.45, 2.75) is 11.8 Å². The molecular formula is C21H17FOS. The Morgan fingerprint density at radius 3 is 2.04 bits per heavy atom. The van der Waals surface area contributed by atoms with Crippen LogP contribution in [0.25, 0.3) is 17.2 Å². The van der Waals surface area contributed by atoms with Crippen LogP contribution in [0.5, 0.6) is 0 Å². The van der Waals surface area contributed by atoms with E-state index in [1.54, 1.807) is 12.1 Å². The Kier molecular flexibility index (Phi) is 5.02. The summed E-state index contributed by atoms with van der Waals surface area (Å²) in [6, 6.07) is 24.5. The topological polar surface area (TPSA) is 17.1 Å². The molecule has 0 unspecified atom stereocenters. The average molecular weight is 336 g/mol. The predicted octanol–water partition coefficient (Wildman–Crippen LogP) is 5.74. The molecule has 3 aromatic carbocycles. The molecule has 0 saturated heterocycles. The summed E-state index contributed by atoms with van der Waals surface area (Å²) in [6.45, 7) is 1.94. The van der Waals surface area contributed by atoms with Gasteiger partial charge in [0.2, 0.25) is 0 Å². The molecule has 1 atom stereocenters. The molecule has 120 valence electrons. The second kappa shape index (κ2) is 7.37. The first-order valence-electron chi connectivity index (χ1n) is 7.64. The zero-order valence-electron chi connectivity index (χ0n) is 13.3. The third-order valence-electron chi connectivity index (χ3n) is 3.71. The van der Waals surface area contributed by atoms with Crippen LogP contribution in [0.3, 0.4) is 0 Å². The number of benzene rings is 3. The highest BCUT2D eigenvalue weighted by atomic mass is 32.2. The highest BCUT2D eigenvalue weighted by molar-refractivity contribution is 7.89. The van der Waals surface area contributed by atoms with E-state index in [-0.39, 0.29) is 0 Å². The molecule has 0 aliphatic heterocycles. The molecule has 0 aliphatic carbocycles. The molecule has 3 rings (SSSR count). The van der Waals surface area contributed by atoms with E-state index in [9.17, 15) is 8.60 Å². The van der Waals surface area contributed by atoms with Crippen LogP contribution in [0, 0.1) is 6.92 Å². The van der Waals surface area contributed by atoms with E-state index >= 15 is 0 Å². The van der Waals surface area contributed by atoms with Crippen LogP contribution in [-0.4, -0.2) is 4.21 Å². The molecular weight excluding hydrogens is 319 g/mol. The number of aryl methyl sites for hydroxylation is 1. The third kappa shape index (κ3) is 3.87. The number of hydrogen-bond acceptors (Lipinski definition) is 1. The SMILES string of the molecule is Cc1ccc([S@@](=O)/C(F)=C/c2ccc(-c3ccccc3)cc2)cc1. The highest BCUT2D eigenvalue weighted by Gasteiger charge is 2.10. The van der Waals surface area contributed by atoms with Gasteiger partial charge in [-0.25, -0.2) is 4.21 Å². The first-order chi connectivity index (χ1) is 11.6. The second-order valence-electron chi connectivity index (χ2n) is 5.52. The first-order valence-corrected chi connectivity index (χ1v) is 8.79. The highest BCUT2D eigenvalue weighted by Crippen LogP contribution is 2.22. The van der Waals surface area contributed by atoms with E-state index in [1.165, 1.54) is 6.08 Å². The summed E-state index contributed by atoms with van der Waals surface area (Å²) >= 11 is 0. The lowest BCUT2D eigenvalue weighted by molar-refractivity contribution is 0.653. The van der Waals surface area contributed by atoms with Gasteiger partial charge in [-0.15, -0.1) is 0 Å². The molecule has 0 aromatic heterocycles. The normalized spacial score (nSPS) is 12.8. The standard InChI is InChI=1S/C21H17FOS/c1-16-7-13-20(14-8-16)24(23)21(22)15-17-9-11-19(12-10-17)18-5-3-2-4-6-18/h2-15H,1H3/b21-15+/t24-/m1/s1. The van der Waals surface area contributed by atoms with Crippen LogP contribution in [0.15, 0.2) is 88.9 Å². The van der Waals surface area contributed by atoms with Crippen LogP contribution in [0.1, 0.15) is 11.1 Å². The predicted molar refractivity (Wildman–Crippen MR) is 98.6 cm³/mol. The van der Waals surface area contributed by atoms with Crippen molar-refractivity contribution >= 4 is 16.9 Å². The summed E-state index contributed by atoms with van der Waals surface area (Å²) < 4.78 is 26.5. The minimum absolute atomic E-state index is 0.468. The summed E-state index contributed by atoms with van der Waals surface area (Å²) in [6.07, 6.45) is 1.32. The molecule has 0 radical (unpaired) electrons.